The number of phosphoric acid groups is 1. The molecule has 1 rings (SSSR count). The van der Waals surface area contributed by atoms with Gasteiger partial charge in [0.1, 0.15) is 6.61 Å². The highest BCUT2D eigenvalue weighted by Crippen LogP contribution is 2.36. The number of unbranched alkanes of at least 4 members (excludes halogenated alkanes) is 14. The number of phosphoric ester groups is 1. The molecule has 3 atom stereocenters. The molecular formula is C40H71O9P. The number of carbonyl (C=O) groups excluding carboxylic acids is 2. The summed E-state index contributed by atoms with van der Waals surface area (Å²) in [7, 11) is -4.77. The van der Waals surface area contributed by atoms with Crippen LogP contribution in [0.5, 0.6) is 0 Å². The summed E-state index contributed by atoms with van der Waals surface area (Å²) in [4.78, 5) is 42.8. The lowest BCUT2D eigenvalue weighted by molar-refractivity contribution is -0.161. The molecule has 2 N–H and O–H groups in total. The molecule has 1 saturated heterocycles. The van der Waals surface area contributed by atoms with Gasteiger partial charge in [0.15, 0.2) is 6.10 Å². The molecule has 290 valence electrons. The van der Waals surface area contributed by atoms with Gasteiger partial charge in [0.2, 0.25) is 0 Å². The summed E-state index contributed by atoms with van der Waals surface area (Å²) in [5, 5.41) is 0. The molecule has 9 nitrogen and oxygen atoms in total. The van der Waals surface area contributed by atoms with Crippen LogP contribution >= 0.6 is 7.82 Å². The molecule has 1 fully saturated rings. The maximum absolute atomic E-state index is 12.4. The first-order valence-corrected chi connectivity index (χ1v) is 21.3. The van der Waals surface area contributed by atoms with Crippen molar-refractivity contribution >= 4 is 19.8 Å². The summed E-state index contributed by atoms with van der Waals surface area (Å²) >= 11 is 0. The van der Waals surface area contributed by atoms with E-state index in [9.17, 15) is 14.2 Å². The Morgan fingerprint density at radius 1 is 0.680 bits per heavy atom. The first-order chi connectivity index (χ1) is 24.1. The van der Waals surface area contributed by atoms with Crippen LogP contribution in [-0.4, -0.2) is 53.3 Å². The lowest BCUT2D eigenvalue weighted by Gasteiger charge is -2.18. The summed E-state index contributed by atoms with van der Waals surface area (Å²) in [5.41, 5.74) is 0. The first-order valence-electron chi connectivity index (χ1n) is 19.8. The van der Waals surface area contributed by atoms with E-state index in [2.05, 4.69) is 55.7 Å². The number of hydrogen-bond acceptors (Lipinski definition) is 7. The van der Waals surface area contributed by atoms with Crippen LogP contribution in [0.2, 0.25) is 0 Å². The van der Waals surface area contributed by atoms with Gasteiger partial charge in [0.05, 0.1) is 18.8 Å². The van der Waals surface area contributed by atoms with Gasteiger partial charge in [0, 0.05) is 12.8 Å². The predicted molar refractivity (Wildman–Crippen MR) is 202 cm³/mol. The fraction of sp³-hybridized carbons (Fsp3) is 0.800. The van der Waals surface area contributed by atoms with E-state index in [1.165, 1.54) is 77.0 Å². The average Bonchev–Trinajstić information content (AvgIpc) is 3.82. The van der Waals surface area contributed by atoms with E-state index in [-0.39, 0.29) is 31.7 Å². The Bertz CT molecular complexity index is 987. The molecule has 0 amide bonds. The van der Waals surface area contributed by atoms with Crippen molar-refractivity contribution in [3.05, 3.63) is 36.5 Å². The van der Waals surface area contributed by atoms with Gasteiger partial charge >= 0.3 is 19.8 Å². The lowest BCUT2D eigenvalue weighted by atomic mass is 10.0. The van der Waals surface area contributed by atoms with Crippen molar-refractivity contribution in [2.45, 2.75) is 187 Å². The third kappa shape index (κ3) is 31.0. The molecule has 0 aliphatic carbocycles. The van der Waals surface area contributed by atoms with E-state index in [1.54, 1.807) is 0 Å². The molecule has 0 aromatic rings. The summed E-state index contributed by atoms with van der Waals surface area (Å²) in [6.45, 7) is 5.91. The Balaban J connectivity index is 2.14. The second kappa shape index (κ2) is 30.8. The molecule has 50 heavy (non-hydrogen) atoms. The maximum atomic E-state index is 12.4. The smallest absolute Gasteiger partial charge is 0.462 e. The average molecular weight is 727 g/mol. The molecule has 0 spiro atoms. The van der Waals surface area contributed by atoms with Gasteiger partial charge < -0.3 is 24.0 Å². The highest BCUT2D eigenvalue weighted by atomic mass is 31.2. The van der Waals surface area contributed by atoms with Gasteiger partial charge in [0.25, 0.3) is 0 Å². The fourth-order valence-corrected chi connectivity index (χ4v) is 6.01. The van der Waals surface area contributed by atoms with Gasteiger partial charge in [-0.3, -0.25) is 14.1 Å². The highest BCUT2D eigenvalue weighted by Gasteiger charge is 2.36. The Morgan fingerprint density at radius 2 is 1.22 bits per heavy atom. The van der Waals surface area contributed by atoms with Crippen molar-refractivity contribution in [1.82, 2.24) is 0 Å². The zero-order valence-corrected chi connectivity index (χ0v) is 32.5. The monoisotopic (exact) mass is 726 g/mol. The van der Waals surface area contributed by atoms with Crippen LogP contribution in [0.25, 0.3) is 0 Å². The number of epoxide rings is 1. The summed E-state index contributed by atoms with van der Waals surface area (Å²) < 4.78 is 32.0. The van der Waals surface area contributed by atoms with E-state index in [4.69, 9.17) is 24.0 Å². The molecule has 0 bridgehead atoms. The molecule has 2 unspecified atom stereocenters. The van der Waals surface area contributed by atoms with E-state index in [0.29, 0.717) is 19.3 Å². The molecule has 1 aliphatic heterocycles. The minimum atomic E-state index is -4.77. The van der Waals surface area contributed by atoms with E-state index >= 15 is 0 Å². The van der Waals surface area contributed by atoms with E-state index in [0.717, 1.165) is 44.4 Å². The lowest BCUT2D eigenvalue weighted by Crippen LogP contribution is -2.29. The van der Waals surface area contributed by atoms with Gasteiger partial charge in [-0.15, -0.1) is 0 Å². The van der Waals surface area contributed by atoms with Crippen molar-refractivity contribution in [2.24, 2.45) is 5.92 Å². The normalized spacial score (nSPS) is 17.0. The topological polar surface area (TPSA) is 132 Å². The summed E-state index contributed by atoms with van der Waals surface area (Å²) in [6, 6.07) is 0. The minimum absolute atomic E-state index is 0.128. The molecule has 0 aromatic carbocycles. The van der Waals surface area contributed by atoms with Gasteiger partial charge in [-0.1, -0.05) is 141 Å². The number of esters is 2. The number of hydrogen-bond donors (Lipinski definition) is 2. The highest BCUT2D eigenvalue weighted by molar-refractivity contribution is 7.46. The molecule has 10 heteroatoms. The molecule has 1 aliphatic rings. The third-order valence-electron chi connectivity index (χ3n) is 8.74. The van der Waals surface area contributed by atoms with Crippen LogP contribution in [0.15, 0.2) is 36.5 Å². The molecule has 0 radical (unpaired) electrons. The number of allylic oxidation sites excluding steroid dienone is 4. The van der Waals surface area contributed by atoms with Crippen molar-refractivity contribution < 1.29 is 42.7 Å². The Kier molecular flexibility index (Phi) is 28.5. The molecule has 1 heterocycles. The summed E-state index contributed by atoms with van der Waals surface area (Å²) in [6.07, 6.45) is 36.1. The first kappa shape index (κ1) is 46.3. The predicted octanol–water partition coefficient (Wildman–Crippen LogP) is 10.6. The fourth-order valence-electron chi connectivity index (χ4n) is 5.65. The van der Waals surface area contributed by atoms with Gasteiger partial charge in [-0.25, -0.2) is 4.57 Å². The van der Waals surface area contributed by atoms with Crippen LogP contribution in [0.4, 0.5) is 0 Å². The minimum Gasteiger partial charge on any atom is -0.462 e. The number of ether oxygens (including phenoxy) is 3. The third-order valence-corrected chi connectivity index (χ3v) is 9.23. The Hall–Kier alpha value is -1.77. The standard InChI is InChI=1S/C40H71O9P/c1-4-5-6-7-8-12-16-19-24-29-37-38(49-37)30-25-21-22-27-32-40(42)48-36(34-47-50(43,44)45)33-46-39(41)31-26-20-17-14-11-9-10-13-15-18-23-28-35(2)3/h8,12,19,21,24-25,35-38H,4-7,9-11,13-18,20,22-23,26-34H2,1-3H3,(H2,43,44,45)/b12-8-,24-19-,25-21-/t36-,37?,38?/m1/s1. The van der Waals surface area contributed by atoms with Crippen LogP contribution in [-0.2, 0) is 32.9 Å². The van der Waals surface area contributed by atoms with Crippen molar-refractivity contribution in [2.75, 3.05) is 13.2 Å². The Morgan fingerprint density at radius 3 is 1.84 bits per heavy atom. The van der Waals surface area contributed by atoms with Crippen molar-refractivity contribution in [3.8, 4) is 0 Å². The quantitative estimate of drug-likeness (QED) is 0.0219. The Labute approximate surface area is 304 Å². The van der Waals surface area contributed by atoms with Gasteiger partial charge in [-0.2, -0.15) is 0 Å². The van der Waals surface area contributed by atoms with Crippen LogP contribution in [0.3, 0.4) is 0 Å². The van der Waals surface area contributed by atoms with Crippen molar-refractivity contribution in [3.63, 3.8) is 0 Å². The molecule has 0 aromatic heterocycles. The second-order valence-electron chi connectivity index (χ2n) is 14.1. The SMILES string of the molecule is CCCCC/C=C\C/C=C\CC1OC1C/C=C\CCCC(=O)O[C@H](COC(=O)CCCCCCCCCCCCCC(C)C)COP(=O)(O)O. The van der Waals surface area contributed by atoms with E-state index in [1.807, 2.05) is 6.08 Å². The molecule has 0 saturated carbocycles. The number of rotatable bonds is 34. The zero-order chi connectivity index (χ0) is 36.7. The largest absolute Gasteiger partial charge is 0.469 e. The van der Waals surface area contributed by atoms with Crippen LogP contribution in [0, 0.1) is 5.92 Å². The van der Waals surface area contributed by atoms with Crippen molar-refractivity contribution in [1.29, 1.82) is 0 Å². The molecular weight excluding hydrogens is 655 g/mol. The maximum Gasteiger partial charge on any atom is 0.469 e. The van der Waals surface area contributed by atoms with Gasteiger partial charge in [-0.05, 0) is 57.3 Å². The van der Waals surface area contributed by atoms with Crippen LogP contribution in [0.1, 0.15) is 168 Å². The second-order valence-corrected chi connectivity index (χ2v) is 15.4. The van der Waals surface area contributed by atoms with E-state index < -0.39 is 32.5 Å². The summed E-state index contributed by atoms with van der Waals surface area (Å²) in [5.74, 6) is -0.152. The van der Waals surface area contributed by atoms with Crippen LogP contribution < -0.4 is 0 Å². The number of carbonyl (C=O) groups is 2. The zero-order valence-electron chi connectivity index (χ0n) is 31.7.